The molecule has 118 valence electrons. The number of hydrogen-bond donors (Lipinski definition) is 2. The van der Waals surface area contributed by atoms with Crippen LogP contribution in [0.2, 0.25) is 0 Å². The topological polar surface area (TPSA) is 57.8 Å². The Labute approximate surface area is 132 Å². The maximum absolute atomic E-state index is 12.7. The summed E-state index contributed by atoms with van der Waals surface area (Å²) in [4.78, 5) is 18.2. The number of pyridine rings is 1. The van der Waals surface area contributed by atoms with E-state index in [1.165, 1.54) is 29.5 Å². The predicted octanol–water partition coefficient (Wildman–Crippen LogP) is 4.26. The number of anilines is 2. The normalized spacial score (nSPS) is 11.4. The molecule has 0 saturated carbocycles. The Morgan fingerprint density at radius 1 is 1.13 bits per heavy atom. The third-order valence-corrected chi connectivity index (χ3v) is 3.75. The molecule has 0 aliphatic heterocycles. The number of benzene rings is 1. The molecule has 23 heavy (non-hydrogen) atoms. The average molecular weight is 337 g/mol. The van der Waals surface area contributed by atoms with Crippen LogP contribution in [0, 0.1) is 0 Å². The summed E-state index contributed by atoms with van der Waals surface area (Å²) in [6.45, 7) is 0. The van der Waals surface area contributed by atoms with E-state index in [1.807, 2.05) is 0 Å². The Morgan fingerprint density at radius 3 is 2.65 bits per heavy atom. The zero-order chi connectivity index (χ0) is 16.4. The molecule has 0 radical (unpaired) electrons. The minimum Gasteiger partial charge on any atom is -0.332 e. The summed E-state index contributed by atoms with van der Waals surface area (Å²) in [6.07, 6.45) is -4.39. The summed E-state index contributed by atoms with van der Waals surface area (Å²) in [7, 11) is 0. The highest BCUT2D eigenvalue weighted by atomic mass is 32.1. The quantitative estimate of drug-likeness (QED) is 0.751. The molecule has 8 heteroatoms. The maximum atomic E-state index is 12.7. The number of hydrogen-bond acceptors (Lipinski definition) is 4. The highest BCUT2D eigenvalue weighted by Crippen LogP contribution is 2.32. The van der Waals surface area contributed by atoms with E-state index in [0.717, 1.165) is 12.1 Å². The van der Waals surface area contributed by atoms with Crippen LogP contribution in [0.25, 0.3) is 11.4 Å². The second-order valence-electron chi connectivity index (χ2n) is 4.67. The number of aromatic amines is 1. The van der Waals surface area contributed by atoms with Crippen LogP contribution in [-0.2, 0) is 6.18 Å². The van der Waals surface area contributed by atoms with Crippen molar-refractivity contribution in [3.63, 3.8) is 0 Å². The molecule has 0 spiro atoms. The number of thiazole rings is 1. The maximum Gasteiger partial charge on any atom is 0.416 e. The summed E-state index contributed by atoms with van der Waals surface area (Å²) in [6, 6.07) is 9.57. The van der Waals surface area contributed by atoms with Crippen LogP contribution in [0.4, 0.5) is 24.0 Å². The molecule has 0 bridgehead atoms. The van der Waals surface area contributed by atoms with Gasteiger partial charge in [0.2, 0.25) is 5.56 Å². The van der Waals surface area contributed by atoms with Crippen molar-refractivity contribution in [1.82, 2.24) is 9.97 Å². The van der Waals surface area contributed by atoms with Crippen molar-refractivity contribution >= 4 is 22.2 Å². The van der Waals surface area contributed by atoms with E-state index in [2.05, 4.69) is 15.3 Å². The Morgan fingerprint density at radius 2 is 1.91 bits per heavy atom. The second-order valence-corrected chi connectivity index (χ2v) is 5.53. The molecule has 0 aliphatic carbocycles. The molecule has 0 atom stereocenters. The van der Waals surface area contributed by atoms with Gasteiger partial charge in [-0.25, -0.2) is 4.98 Å². The number of nitrogens with one attached hydrogen (secondary N) is 2. The Balaban J connectivity index is 1.84. The minimum absolute atomic E-state index is 0.247. The van der Waals surface area contributed by atoms with Gasteiger partial charge >= 0.3 is 6.18 Å². The molecular weight excluding hydrogens is 327 g/mol. The smallest absolute Gasteiger partial charge is 0.332 e. The van der Waals surface area contributed by atoms with Crippen molar-refractivity contribution in [2.45, 2.75) is 6.18 Å². The summed E-state index contributed by atoms with van der Waals surface area (Å²) in [5, 5.41) is 4.98. The third-order valence-electron chi connectivity index (χ3n) is 2.99. The Bertz CT molecular complexity index is 886. The van der Waals surface area contributed by atoms with Gasteiger partial charge in [0.1, 0.15) is 0 Å². The Hall–Kier alpha value is -2.61. The number of nitrogens with zero attached hydrogens (tertiary/aromatic N) is 1. The van der Waals surface area contributed by atoms with Gasteiger partial charge in [0, 0.05) is 17.1 Å². The fourth-order valence-corrected chi connectivity index (χ4v) is 2.68. The number of H-pyrrole nitrogens is 1. The van der Waals surface area contributed by atoms with Gasteiger partial charge in [-0.05, 0) is 24.3 Å². The van der Waals surface area contributed by atoms with E-state index < -0.39 is 11.7 Å². The van der Waals surface area contributed by atoms with Gasteiger partial charge in [-0.1, -0.05) is 12.1 Å². The number of aromatic nitrogens is 2. The molecule has 4 nitrogen and oxygen atoms in total. The molecule has 3 aromatic rings. The van der Waals surface area contributed by atoms with E-state index in [4.69, 9.17) is 0 Å². The van der Waals surface area contributed by atoms with E-state index in [9.17, 15) is 18.0 Å². The van der Waals surface area contributed by atoms with Crippen LogP contribution in [0.15, 0.2) is 52.6 Å². The number of alkyl halides is 3. The van der Waals surface area contributed by atoms with Crippen LogP contribution in [0.3, 0.4) is 0 Å². The first-order chi connectivity index (χ1) is 10.9. The fourth-order valence-electron chi connectivity index (χ4n) is 1.95. The third kappa shape index (κ3) is 3.59. The first-order valence-electron chi connectivity index (χ1n) is 6.51. The zero-order valence-corrected chi connectivity index (χ0v) is 12.3. The van der Waals surface area contributed by atoms with E-state index in [0.29, 0.717) is 22.2 Å². The molecule has 3 rings (SSSR count). The van der Waals surface area contributed by atoms with Crippen molar-refractivity contribution < 1.29 is 13.2 Å². The van der Waals surface area contributed by atoms with Crippen LogP contribution in [0.5, 0.6) is 0 Å². The largest absolute Gasteiger partial charge is 0.416 e. The van der Waals surface area contributed by atoms with E-state index >= 15 is 0 Å². The van der Waals surface area contributed by atoms with Crippen molar-refractivity contribution in [3.8, 4) is 11.4 Å². The zero-order valence-electron chi connectivity index (χ0n) is 11.5. The van der Waals surface area contributed by atoms with Gasteiger partial charge < -0.3 is 10.3 Å². The van der Waals surface area contributed by atoms with Gasteiger partial charge in [0.15, 0.2) is 5.13 Å². The molecule has 0 saturated heterocycles. The summed E-state index contributed by atoms with van der Waals surface area (Å²) in [5.74, 6) is 0. The van der Waals surface area contributed by atoms with Gasteiger partial charge in [-0.15, -0.1) is 11.3 Å². The average Bonchev–Trinajstić information content (AvgIpc) is 2.95. The van der Waals surface area contributed by atoms with Crippen molar-refractivity contribution in [3.05, 3.63) is 63.8 Å². The van der Waals surface area contributed by atoms with Gasteiger partial charge in [0.25, 0.3) is 0 Å². The lowest BCUT2D eigenvalue weighted by Gasteiger charge is -2.08. The molecule has 2 N–H and O–H groups in total. The molecule has 1 aromatic carbocycles. The van der Waals surface area contributed by atoms with Crippen LogP contribution >= 0.6 is 11.3 Å². The highest BCUT2D eigenvalue weighted by molar-refractivity contribution is 7.14. The lowest BCUT2D eigenvalue weighted by molar-refractivity contribution is -0.137. The van der Waals surface area contributed by atoms with E-state index in [-0.39, 0.29) is 5.56 Å². The summed E-state index contributed by atoms with van der Waals surface area (Å²) in [5.41, 5.74) is 0.407. The fraction of sp³-hybridized carbons (Fsp3) is 0.0667. The van der Waals surface area contributed by atoms with Crippen molar-refractivity contribution in [2.75, 3.05) is 5.32 Å². The lowest BCUT2D eigenvalue weighted by atomic mass is 10.2. The van der Waals surface area contributed by atoms with Gasteiger partial charge in [-0.3, -0.25) is 4.79 Å². The molecule has 0 amide bonds. The standard InChI is InChI=1S/C15H10F3N3OS/c16-15(17,18)9-3-1-4-10(7-9)19-14-21-12(8-23-14)11-5-2-6-13(22)20-11/h1-8H,(H,19,21)(H,20,22). The molecule has 2 aromatic heterocycles. The van der Waals surface area contributed by atoms with Gasteiger partial charge in [0.05, 0.1) is 17.0 Å². The molecular formula is C15H10F3N3OS. The SMILES string of the molecule is O=c1cccc(-c2csc(Nc3cccc(C(F)(F)F)c3)n2)[nH]1. The first kappa shape index (κ1) is 15.3. The summed E-state index contributed by atoms with van der Waals surface area (Å²) >= 11 is 1.23. The van der Waals surface area contributed by atoms with Gasteiger partial charge in [-0.2, -0.15) is 13.2 Å². The molecule has 0 fully saturated rings. The number of halogens is 3. The monoisotopic (exact) mass is 337 g/mol. The van der Waals surface area contributed by atoms with Crippen molar-refractivity contribution in [2.24, 2.45) is 0 Å². The molecule has 0 unspecified atom stereocenters. The van der Waals surface area contributed by atoms with Crippen LogP contribution < -0.4 is 10.9 Å². The Kier molecular flexibility index (Phi) is 3.91. The van der Waals surface area contributed by atoms with Crippen molar-refractivity contribution in [1.29, 1.82) is 0 Å². The highest BCUT2D eigenvalue weighted by Gasteiger charge is 2.30. The number of rotatable bonds is 3. The van der Waals surface area contributed by atoms with Crippen LogP contribution in [0.1, 0.15) is 5.56 Å². The van der Waals surface area contributed by atoms with Crippen LogP contribution in [-0.4, -0.2) is 9.97 Å². The lowest BCUT2D eigenvalue weighted by Crippen LogP contribution is -2.05. The minimum atomic E-state index is -4.39. The molecule has 0 aliphatic rings. The predicted molar refractivity (Wildman–Crippen MR) is 82.9 cm³/mol. The summed E-state index contributed by atoms with van der Waals surface area (Å²) < 4.78 is 38.1. The second kappa shape index (κ2) is 5.88. The molecule has 2 heterocycles. The van der Waals surface area contributed by atoms with E-state index in [1.54, 1.807) is 17.5 Å². The first-order valence-corrected chi connectivity index (χ1v) is 7.39.